The highest BCUT2D eigenvalue weighted by molar-refractivity contribution is 8.03. The van der Waals surface area contributed by atoms with E-state index in [9.17, 15) is 24.6 Å². The number of aliphatic hydroxyl groups is 1. The first-order chi connectivity index (χ1) is 13.5. The minimum absolute atomic E-state index is 0.0897. The summed E-state index contributed by atoms with van der Waals surface area (Å²) in [6, 6.07) is -0.224. The van der Waals surface area contributed by atoms with Crippen LogP contribution in [-0.2, 0) is 14.4 Å². The van der Waals surface area contributed by atoms with Gasteiger partial charge in [0.1, 0.15) is 5.70 Å². The van der Waals surface area contributed by atoms with Crippen LogP contribution in [0, 0.1) is 11.3 Å². The molecule has 9 nitrogen and oxygen atoms in total. The fourth-order valence-electron chi connectivity index (χ4n) is 3.67. The van der Waals surface area contributed by atoms with Crippen molar-refractivity contribution in [3.63, 3.8) is 0 Å². The van der Waals surface area contributed by atoms with Crippen molar-refractivity contribution in [2.24, 2.45) is 5.92 Å². The van der Waals surface area contributed by atoms with E-state index in [1.807, 2.05) is 4.90 Å². The van der Waals surface area contributed by atoms with Gasteiger partial charge in [-0.2, -0.15) is 0 Å². The predicted molar refractivity (Wildman–Crippen MR) is 109 cm³/mol. The van der Waals surface area contributed by atoms with Crippen molar-refractivity contribution in [2.75, 3.05) is 13.1 Å². The van der Waals surface area contributed by atoms with Crippen LogP contribution < -0.4 is 0 Å². The smallest absolute Gasteiger partial charge is 0.353 e. The summed E-state index contributed by atoms with van der Waals surface area (Å²) in [5, 5.41) is 35.0. The van der Waals surface area contributed by atoms with Gasteiger partial charge < -0.3 is 25.1 Å². The lowest BCUT2D eigenvalue weighted by Crippen LogP contribution is -2.61. The van der Waals surface area contributed by atoms with Gasteiger partial charge in [0.05, 0.1) is 23.9 Å². The second kappa shape index (κ2) is 9.00. The van der Waals surface area contributed by atoms with E-state index in [0.29, 0.717) is 12.3 Å². The van der Waals surface area contributed by atoms with E-state index >= 15 is 0 Å². The number of carboxylic acids is 2. The van der Waals surface area contributed by atoms with Crippen LogP contribution in [0.25, 0.3) is 0 Å². The highest BCUT2D eigenvalue weighted by Gasteiger charge is 2.57. The van der Waals surface area contributed by atoms with Crippen molar-refractivity contribution in [2.45, 2.75) is 51.0 Å². The van der Waals surface area contributed by atoms with Gasteiger partial charge in [0.25, 0.3) is 0 Å². The first-order valence-electron chi connectivity index (χ1n) is 9.28. The van der Waals surface area contributed by atoms with Crippen LogP contribution in [-0.4, -0.2) is 79.3 Å². The molecule has 0 spiro atoms. The number of fused-ring (bicyclic) bond motifs is 1. The summed E-state index contributed by atoms with van der Waals surface area (Å²) in [6.07, 6.45) is 0.648. The first-order valence-corrected chi connectivity index (χ1v) is 10.2. The SMILES string of the molecule is C=C(C)C(=O)O.CC(=N)N1CC[C@H](SC2=C(C(=O)O)N3C(=O)[C@H]([C@@H](C)O)[C@H]3C2)C1. The molecule has 0 bridgehead atoms. The molecule has 0 aromatic carbocycles. The van der Waals surface area contributed by atoms with E-state index in [1.54, 1.807) is 13.8 Å². The summed E-state index contributed by atoms with van der Waals surface area (Å²) >= 11 is 1.52. The van der Waals surface area contributed by atoms with Crippen molar-refractivity contribution >= 4 is 35.4 Å². The number of rotatable bonds is 5. The van der Waals surface area contributed by atoms with Gasteiger partial charge in [-0.1, -0.05) is 6.58 Å². The molecule has 3 heterocycles. The van der Waals surface area contributed by atoms with Crippen LogP contribution in [0.15, 0.2) is 22.8 Å². The maximum atomic E-state index is 12.1. The zero-order valence-electron chi connectivity index (χ0n) is 16.7. The fraction of sp³-hybridized carbons (Fsp3) is 0.579. The lowest BCUT2D eigenvalue weighted by Gasteiger charge is -2.44. The molecule has 2 saturated heterocycles. The molecule has 4 N–H and O–H groups in total. The van der Waals surface area contributed by atoms with E-state index in [2.05, 4.69) is 6.58 Å². The Kier molecular flexibility index (Phi) is 7.12. The monoisotopic (exact) mass is 425 g/mol. The van der Waals surface area contributed by atoms with Gasteiger partial charge >= 0.3 is 11.9 Å². The number of β-lactam (4-membered cyclic amide) rings is 1. The van der Waals surface area contributed by atoms with Gasteiger partial charge in [-0.15, -0.1) is 11.8 Å². The van der Waals surface area contributed by atoms with E-state index in [0.717, 1.165) is 24.4 Å². The van der Waals surface area contributed by atoms with Gasteiger partial charge in [0.15, 0.2) is 0 Å². The minimum atomic E-state index is -1.08. The number of amidine groups is 1. The summed E-state index contributed by atoms with van der Waals surface area (Å²) in [5.74, 6) is -2.27. The number of hydrogen-bond acceptors (Lipinski definition) is 6. The Morgan fingerprint density at radius 3 is 2.31 bits per heavy atom. The van der Waals surface area contributed by atoms with Crippen LogP contribution in [0.2, 0.25) is 0 Å². The van der Waals surface area contributed by atoms with Crippen molar-refractivity contribution in [3.05, 3.63) is 22.8 Å². The van der Waals surface area contributed by atoms with Gasteiger partial charge in [0.2, 0.25) is 5.91 Å². The highest BCUT2D eigenvalue weighted by atomic mass is 32.2. The second-order valence-corrected chi connectivity index (χ2v) is 8.86. The largest absolute Gasteiger partial charge is 0.478 e. The van der Waals surface area contributed by atoms with Crippen LogP contribution >= 0.6 is 11.8 Å². The van der Waals surface area contributed by atoms with E-state index in [-0.39, 0.29) is 28.5 Å². The maximum Gasteiger partial charge on any atom is 0.353 e. The third kappa shape index (κ3) is 4.81. The number of likely N-dealkylation sites (tertiary alicyclic amines) is 1. The van der Waals surface area contributed by atoms with E-state index in [4.69, 9.17) is 10.5 Å². The maximum absolute atomic E-state index is 12.1. The lowest BCUT2D eigenvalue weighted by atomic mass is 9.83. The van der Waals surface area contributed by atoms with Crippen molar-refractivity contribution in [1.82, 2.24) is 9.80 Å². The normalized spacial score (nSPS) is 26.3. The zero-order chi connectivity index (χ0) is 22.0. The van der Waals surface area contributed by atoms with Crippen LogP contribution in [0.5, 0.6) is 0 Å². The Bertz CT molecular complexity index is 766. The summed E-state index contributed by atoms with van der Waals surface area (Å²) in [7, 11) is 0. The van der Waals surface area contributed by atoms with Crippen molar-refractivity contribution in [1.29, 1.82) is 5.41 Å². The number of hydrogen-bond donors (Lipinski definition) is 4. The Morgan fingerprint density at radius 2 is 1.90 bits per heavy atom. The third-order valence-electron chi connectivity index (χ3n) is 5.18. The number of nitrogens with one attached hydrogen (secondary N) is 1. The number of aliphatic hydroxyl groups excluding tert-OH is 1. The summed E-state index contributed by atoms with van der Waals surface area (Å²) in [6.45, 7) is 9.47. The number of nitrogens with zero attached hydrogens (tertiary/aromatic N) is 2. The summed E-state index contributed by atoms with van der Waals surface area (Å²) in [5.41, 5.74) is 0.266. The molecule has 1 amide bonds. The number of carboxylic acid groups (broad SMARTS) is 2. The van der Waals surface area contributed by atoms with Gasteiger partial charge in [-0.25, -0.2) is 9.59 Å². The molecule has 4 atom stereocenters. The van der Waals surface area contributed by atoms with E-state index < -0.39 is 24.0 Å². The van der Waals surface area contributed by atoms with Crippen LogP contribution in [0.4, 0.5) is 0 Å². The van der Waals surface area contributed by atoms with Gasteiger partial charge in [-0.3, -0.25) is 10.2 Å². The molecule has 0 aliphatic carbocycles. The number of aliphatic carboxylic acids is 2. The molecule has 29 heavy (non-hydrogen) atoms. The average Bonchev–Trinajstić information content (AvgIpc) is 3.18. The van der Waals surface area contributed by atoms with Gasteiger partial charge in [0, 0.05) is 35.2 Å². The highest BCUT2D eigenvalue weighted by Crippen LogP contribution is 2.48. The molecule has 3 rings (SSSR count). The molecule has 3 aliphatic heterocycles. The van der Waals surface area contributed by atoms with Crippen LogP contribution in [0.3, 0.4) is 0 Å². The molecule has 0 radical (unpaired) electrons. The Labute approximate surface area is 173 Å². The first kappa shape index (κ1) is 23.0. The molecule has 3 aliphatic rings. The Balaban J connectivity index is 0.000000438. The standard InChI is InChI=1S/C15H21N3O4S.C4H6O2/c1-7(19)12-10-5-11(13(15(21)22)18(10)14(12)20)23-9-3-4-17(6-9)8(2)16;1-3(2)4(5)6/h7,9-10,12,16,19H,3-6H2,1-2H3,(H,21,22);1H2,2H3,(H,5,6)/t7-,9+,10-,12-;/m1./s1. The van der Waals surface area contributed by atoms with Gasteiger partial charge in [-0.05, 0) is 27.2 Å². The predicted octanol–water partition coefficient (Wildman–Crippen LogP) is 1.35. The van der Waals surface area contributed by atoms with E-state index in [1.165, 1.54) is 23.6 Å². The lowest BCUT2D eigenvalue weighted by molar-refractivity contribution is -0.161. The number of carbonyl (C=O) groups is 3. The third-order valence-corrected chi connectivity index (χ3v) is 6.55. The topological polar surface area (TPSA) is 142 Å². The molecular weight excluding hydrogens is 398 g/mol. The zero-order valence-corrected chi connectivity index (χ0v) is 17.5. The fourth-order valence-corrected chi connectivity index (χ4v) is 5.11. The molecule has 2 fully saturated rings. The van der Waals surface area contributed by atoms with Crippen molar-refractivity contribution < 1.29 is 29.7 Å². The summed E-state index contributed by atoms with van der Waals surface area (Å²) in [4.78, 5) is 37.4. The quantitative estimate of drug-likeness (QED) is 0.224. The Hall–Kier alpha value is -2.33. The van der Waals surface area contributed by atoms with Crippen LogP contribution in [0.1, 0.15) is 33.6 Å². The molecule has 10 heteroatoms. The number of amides is 1. The second-order valence-electron chi connectivity index (χ2n) is 7.47. The molecule has 0 unspecified atom stereocenters. The van der Waals surface area contributed by atoms with Crippen molar-refractivity contribution in [3.8, 4) is 0 Å². The molecular formula is C19H27N3O6S. The molecule has 0 aromatic rings. The average molecular weight is 426 g/mol. The molecule has 0 saturated carbocycles. The minimum Gasteiger partial charge on any atom is -0.478 e. The number of thioether (sulfide) groups is 1. The Morgan fingerprint density at radius 1 is 1.31 bits per heavy atom. The summed E-state index contributed by atoms with van der Waals surface area (Å²) < 4.78 is 0. The molecule has 160 valence electrons. The molecule has 0 aromatic heterocycles. The number of carbonyl (C=O) groups excluding carboxylic acids is 1.